The summed E-state index contributed by atoms with van der Waals surface area (Å²) in [6.45, 7) is 1.24. The molecule has 0 fully saturated rings. The van der Waals surface area contributed by atoms with Crippen LogP contribution in [0.1, 0.15) is 25.6 Å². The number of methoxy groups -OCH3 is 2. The van der Waals surface area contributed by atoms with Crippen LogP contribution in [-0.2, 0) is 4.74 Å². The molecule has 140 valence electrons. The van der Waals surface area contributed by atoms with Gasteiger partial charge in [-0.05, 0) is 42.8 Å². The second-order valence-electron chi connectivity index (χ2n) is 5.74. The molecule has 0 N–H and O–H groups in total. The molecule has 3 rings (SSSR count). The van der Waals surface area contributed by atoms with Crippen LogP contribution in [0.5, 0.6) is 11.5 Å². The molecule has 0 unspecified atom stereocenters. The van der Waals surface area contributed by atoms with Crippen molar-refractivity contribution in [1.82, 2.24) is 0 Å². The third-order valence-electron chi connectivity index (χ3n) is 4.13. The summed E-state index contributed by atoms with van der Waals surface area (Å²) < 4.78 is 30.1. The van der Waals surface area contributed by atoms with Crippen molar-refractivity contribution in [3.05, 3.63) is 58.2 Å². The first kappa shape index (κ1) is 18.8. The predicted octanol–water partition coefficient (Wildman–Crippen LogP) is 4.41. The van der Waals surface area contributed by atoms with Gasteiger partial charge in [0.1, 0.15) is 10.7 Å². The zero-order chi connectivity index (χ0) is 19.6. The minimum absolute atomic E-state index is 0.287. The van der Waals surface area contributed by atoms with Crippen LogP contribution in [0.25, 0.3) is 10.1 Å². The molecule has 1 aromatic heterocycles. The van der Waals surface area contributed by atoms with Gasteiger partial charge in [0.25, 0.3) is 0 Å². The topological polar surface area (TPSA) is 61.8 Å². The summed E-state index contributed by atoms with van der Waals surface area (Å²) in [5.41, 5.74) is 0.844. The van der Waals surface area contributed by atoms with Crippen LogP contribution >= 0.6 is 11.3 Å². The third-order valence-corrected chi connectivity index (χ3v) is 5.37. The van der Waals surface area contributed by atoms with Crippen molar-refractivity contribution in [3.8, 4) is 11.5 Å². The van der Waals surface area contributed by atoms with E-state index in [9.17, 15) is 14.0 Å². The molecule has 0 spiro atoms. The highest BCUT2D eigenvalue weighted by Crippen LogP contribution is 2.33. The van der Waals surface area contributed by atoms with Crippen LogP contribution in [0.2, 0.25) is 0 Å². The molecule has 0 aliphatic heterocycles. The second-order valence-corrected chi connectivity index (χ2v) is 6.79. The quantitative estimate of drug-likeness (QED) is 0.462. The Kier molecular flexibility index (Phi) is 5.41. The fourth-order valence-electron chi connectivity index (χ4n) is 2.74. The molecule has 0 atom stereocenters. The van der Waals surface area contributed by atoms with Crippen LogP contribution in [0, 0.1) is 12.7 Å². The van der Waals surface area contributed by atoms with E-state index < -0.39 is 12.6 Å². The Morgan fingerprint density at radius 3 is 2.48 bits per heavy atom. The lowest BCUT2D eigenvalue weighted by molar-refractivity contribution is 0.0479. The summed E-state index contributed by atoms with van der Waals surface area (Å²) in [6, 6.07) is 9.36. The van der Waals surface area contributed by atoms with Gasteiger partial charge in [-0.1, -0.05) is 6.07 Å². The SMILES string of the molecule is COc1ccc(C(=O)COC(=O)c2sc3cccc(F)c3c2C)cc1OC. The Balaban J connectivity index is 1.75. The highest BCUT2D eigenvalue weighted by Gasteiger charge is 2.20. The number of hydrogen-bond acceptors (Lipinski definition) is 6. The van der Waals surface area contributed by atoms with Crippen molar-refractivity contribution in [2.45, 2.75) is 6.92 Å². The molecule has 0 radical (unpaired) electrons. The summed E-state index contributed by atoms with van der Waals surface area (Å²) in [4.78, 5) is 25.0. The minimum atomic E-state index is -0.651. The molecule has 5 nitrogen and oxygen atoms in total. The number of carbonyl (C=O) groups excluding carboxylic acids is 2. The maximum atomic E-state index is 14.0. The Labute approximate surface area is 159 Å². The Morgan fingerprint density at radius 1 is 1.07 bits per heavy atom. The van der Waals surface area contributed by atoms with Crippen molar-refractivity contribution >= 4 is 33.2 Å². The molecule has 1 heterocycles. The van der Waals surface area contributed by atoms with Gasteiger partial charge in [0.15, 0.2) is 23.9 Å². The van der Waals surface area contributed by atoms with E-state index in [1.807, 2.05) is 0 Å². The first-order valence-electron chi connectivity index (χ1n) is 8.06. The van der Waals surface area contributed by atoms with Crippen LogP contribution in [0.15, 0.2) is 36.4 Å². The zero-order valence-corrected chi connectivity index (χ0v) is 15.8. The number of fused-ring (bicyclic) bond motifs is 1. The molecule has 0 saturated carbocycles. The number of aryl methyl sites for hydroxylation is 1. The van der Waals surface area contributed by atoms with Gasteiger partial charge in [-0.25, -0.2) is 9.18 Å². The number of Topliss-reactive ketones (excluding diaryl/α,β-unsaturated/α-hetero) is 1. The van der Waals surface area contributed by atoms with Gasteiger partial charge in [-0.3, -0.25) is 4.79 Å². The number of benzene rings is 2. The number of esters is 1. The number of carbonyl (C=O) groups is 2. The summed E-state index contributed by atoms with van der Waals surface area (Å²) in [6.07, 6.45) is 0. The largest absolute Gasteiger partial charge is 0.493 e. The fourth-order valence-corrected chi connectivity index (χ4v) is 3.85. The molecule has 2 aromatic carbocycles. The highest BCUT2D eigenvalue weighted by atomic mass is 32.1. The number of hydrogen-bond donors (Lipinski definition) is 0. The first-order chi connectivity index (χ1) is 13.0. The monoisotopic (exact) mass is 388 g/mol. The van der Waals surface area contributed by atoms with Crippen molar-refractivity contribution < 1.29 is 28.2 Å². The predicted molar refractivity (Wildman–Crippen MR) is 101 cm³/mol. The van der Waals surface area contributed by atoms with Gasteiger partial charge in [0, 0.05) is 15.6 Å². The number of halogens is 1. The molecule has 0 aliphatic carbocycles. The van der Waals surface area contributed by atoms with E-state index >= 15 is 0 Å². The van der Waals surface area contributed by atoms with Crippen LogP contribution in [-0.4, -0.2) is 32.6 Å². The van der Waals surface area contributed by atoms with Gasteiger partial charge < -0.3 is 14.2 Å². The average Bonchev–Trinajstić information content (AvgIpc) is 3.03. The van der Waals surface area contributed by atoms with Gasteiger partial charge in [-0.2, -0.15) is 0 Å². The van der Waals surface area contributed by atoms with E-state index in [2.05, 4.69) is 0 Å². The number of rotatable bonds is 6. The number of ketones is 1. The van der Waals surface area contributed by atoms with Crippen LogP contribution in [0.3, 0.4) is 0 Å². The molecule has 0 saturated heterocycles. The lowest BCUT2D eigenvalue weighted by Crippen LogP contribution is -2.14. The second kappa shape index (κ2) is 7.75. The van der Waals surface area contributed by atoms with Gasteiger partial charge in [-0.15, -0.1) is 11.3 Å². The smallest absolute Gasteiger partial charge is 0.349 e. The molecular weight excluding hydrogens is 371 g/mol. The van der Waals surface area contributed by atoms with E-state index in [0.29, 0.717) is 32.7 Å². The molecule has 0 bridgehead atoms. The molecular formula is C20H17FO5S. The number of thiophene rings is 1. The molecule has 0 aliphatic rings. The Bertz CT molecular complexity index is 1020. The number of ether oxygens (including phenoxy) is 3. The van der Waals surface area contributed by atoms with E-state index in [1.54, 1.807) is 31.2 Å². The van der Waals surface area contributed by atoms with Gasteiger partial charge in [0.2, 0.25) is 0 Å². The molecule has 27 heavy (non-hydrogen) atoms. The average molecular weight is 388 g/mol. The standard InChI is InChI=1S/C20H17FO5S/c1-11-18-13(21)5-4-6-17(18)27-19(11)20(23)26-10-14(22)12-7-8-15(24-2)16(9-12)25-3/h4-9H,10H2,1-3H3. The van der Waals surface area contributed by atoms with Crippen molar-refractivity contribution in [1.29, 1.82) is 0 Å². The van der Waals surface area contributed by atoms with E-state index in [1.165, 1.54) is 26.4 Å². The van der Waals surface area contributed by atoms with E-state index in [-0.39, 0.29) is 16.5 Å². The minimum Gasteiger partial charge on any atom is -0.493 e. The van der Waals surface area contributed by atoms with E-state index in [4.69, 9.17) is 14.2 Å². The van der Waals surface area contributed by atoms with Crippen molar-refractivity contribution in [3.63, 3.8) is 0 Å². The van der Waals surface area contributed by atoms with Gasteiger partial charge in [0.05, 0.1) is 14.2 Å². The maximum Gasteiger partial charge on any atom is 0.349 e. The lowest BCUT2D eigenvalue weighted by atomic mass is 10.1. The van der Waals surface area contributed by atoms with Crippen LogP contribution in [0.4, 0.5) is 4.39 Å². The van der Waals surface area contributed by atoms with Crippen LogP contribution < -0.4 is 9.47 Å². The molecule has 7 heteroatoms. The first-order valence-corrected chi connectivity index (χ1v) is 8.88. The molecule has 3 aromatic rings. The molecule has 0 amide bonds. The fraction of sp³-hybridized carbons (Fsp3) is 0.200. The zero-order valence-electron chi connectivity index (χ0n) is 15.0. The summed E-state index contributed by atoms with van der Waals surface area (Å²) in [5.74, 6) is -0.516. The van der Waals surface area contributed by atoms with E-state index in [0.717, 1.165) is 11.3 Å². The van der Waals surface area contributed by atoms with Crippen molar-refractivity contribution in [2.24, 2.45) is 0 Å². The maximum absolute atomic E-state index is 14.0. The summed E-state index contributed by atoms with van der Waals surface area (Å²) >= 11 is 1.14. The van der Waals surface area contributed by atoms with Gasteiger partial charge >= 0.3 is 5.97 Å². The Hall–Kier alpha value is -2.93. The summed E-state index contributed by atoms with van der Waals surface area (Å²) in [5, 5.41) is 0.403. The highest BCUT2D eigenvalue weighted by molar-refractivity contribution is 7.21. The lowest BCUT2D eigenvalue weighted by Gasteiger charge is -2.09. The normalized spacial score (nSPS) is 10.7. The third kappa shape index (κ3) is 3.64. The summed E-state index contributed by atoms with van der Waals surface area (Å²) in [7, 11) is 2.97. The van der Waals surface area contributed by atoms with Crippen molar-refractivity contribution in [2.75, 3.05) is 20.8 Å². The Morgan fingerprint density at radius 2 is 1.81 bits per heavy atom.